The van der Waals surface area contributed by atoms with Crippen LogP contribution in [0.2, 0.25) is 0 Å². The van der Waals surface area contributed by atoms with E-state index in [0.717, 1.165) is 0 Å². The highest BCUT2D eigenvalue weighted by atomic mass is 16.5. The molecule has 9 heteroatoms. The number of aliphatic hydroxyl groups excluding tert-OH is 1. The number of rotatable bonds is 6. The van der Waals surface area contributed by atoms with E-state index in [-0.39, 0.29) is 17.0 Å². The summed E-state index contributed by atoms with van der Waals surface area (Å²) < 4.78 is 4.78. The Morgan fingerprint density at radius 3 is 2.61 bits per heavy atom. The molecule has 1 fully saturated rings. The maximum Gasteiger partial charge on any atom is 0.354 e. The topological polar surface area (TPSA) is 116 Å². The number of likely N-dealkylation sites (tertiary alicyclic amines) is 1. The molecule has 0 aromatic carbocycles. The number of aromatic amines is 1. The first kappa shape index (κ1) is 22.2. The van der Waals surface area contributed by atoms with Crippen LogP contribution in [0.15, 0.2) is 30.1 Å². The van der Waals surface area contributed by atoms with Gasteiger partial charge in [0.25, 0.3) is 11.7 Å². The molecule has 2 N–H and O–H groups in total. The molecule has 0 spiro atoms. The first-order valence-corrected chi connectivity index (χ1v) is 9.79. The summed E-state index contributed by atoms with van der Waals surface area (Å²) >= 11 is 0. The number of likely N-dealkylation sites (N-methyl/N-ethyl adjacent to an activating group) is 1. The molecule has 164 valence electrons. The van der Waals surface area contributed by atoms with Crippen molar-refractivity contribution in [1.82, 2.24) is 19.8 Å². The van der Waals surface area contributed by atoms with E-state index in [4.69, 9.17) is 4.74 Å². The van der Waals surface area contributed by atoms with Gasteiger partial charge in [0, 0.05) is 36.7 Å². The van der Waals surface area contributed by atoms with Crippen molar-refractivity contribution in [2.24, 2.45) is 0 Å². The molecule has 2 aromatic heterocycles. The van der Waals surface area contributed by atoms with E-state index in [2.05, 4.69) is 9.97 Å². The number of H-pyrrole nitrogens is 1. The number of nitrogens with one attached hydrogen (secondary N) is 1. The minimum atomic E-state index is -0.788. The predicted molar refractivity (Wildman–Crippen MR) is 113 cm³/mol. The van der Waals surface area contributed by atoms with Crippen LogP contribution >= 0.6 is 0 Å². The van der Waals surface area contributed by atoms with Crippen LogP contribution < -0.4 is 0 Å². The van der Waals surface area contributed by atoms with E-state index in [9.17, 15) is 19.5 Å². The largest absolute Gasteiger partial charge is 0.507 e. The monoisotopic (exact) mass is 426 g/mol. The van der Waals surface area contributed by atoms with Gasteiger partial charge in [-0.3, -0.25) is 14.6 Å². The smallest absolute Gasteiger partial charge is 0.354 e. The Kier molecular flexibility index (Phi) is 6.26. The Hall–Kier alpha value is -3.46. The number of esters is 1. The van der Waals surface area contributed by atoms with Gasteiger partial charge in [0.05, 0.1) is 18.7 Å². The molecule has 0 bridgehead atoms. The lowest BCUT2D eigenvalue weighted by molar-refractivity contribution is -0.140. The van der Waals surface area contributed by atoms with Crippen molar-refractivity contribution in [3.05, 3.63) is 58.2 Å². The molecule has 3 heterocycles. The third-order valence-electron chi connectivity index (χ3n) is 5.39. The third-order valence-corrected chi connectivity index (χ3v) is 5.39. The van der Waals surface area contributed by atoms with Crippen LogP contribution in [0.3, 0.4) is 0 Å². The van der Waals surface area contributed by atoms with Gasteiger partial charge in [-0.15, -0.1) is 0 Å². The van der Waals surface area contributed by atoms with Crippen molar-refractivity contribution in [3.8, 4) is 0 Å². The summed E-state index contributed by atoms with van der Waals surface area (Å²) in [6.07, 6.45) is 3.17. The Morgan fingerprint density at radius 2 is 2.03 bits per heavy atom. The Balaban J connectivity index is 2.20. The number of aryl methyl sites for hydroxylation is 1. The minimum absolute atomic E-state index is 0.0293. The fourth-order valence-electron chi connectivity index (χ4n) is 3.85. The molecule has 1 unspecified atom stereocenters. The molecule has 1 aliphatic rings. The molecule has 31 heavy (non-hydrogen) atoms. The SMILES string of the molecule is COC(=O)c1[nH]c(C)c(/C(O)=C2\C(=O)C(=O)N(CCN(C)C)C2c2cccnc2)c1C. The van der Waals surface area contributed by atoms with Crippen LogP contribution in [0.4, 0.5) is 0 Å². The van der Waals surface area contributed by atoms with Crippen molar-refractivity contribution in [2.75, 3.05) is 34.3 Å². The summed E-state index contributed by atoms with van der Waals surface area (Å²) in [4.78, 5) is 48.3. The molecular weight excluding hydrogens is 400 g/mol. The van der Waals surface area contributed by atoms with E-state index in [1.54, 1.807) is 38.4 Å². The van der Waals surface area contributed by atoms with Crippen LogP contribution in [0, 0.1) is 13.8 Å². The molecule has 1 saturated heterocycles. The minimum Gasteiger partial charge on any atom is -0.507 e. The number of hydrogen-bond acceptors (Lipinski definition) is 7. The normalized spacial score (nSPS) is 18.1. The molecule has 9 nitrogen and oxygen atoms in total. The number of ketones is 1. The maximum atomic E-state index is 13.0. The van der Waals surface area contributed by atoms with Gasteiger partial charge in [-0.05, 0) is 45.1 Å². The van der Waals surface area contributed by atoms with Crippen molar-refractivity contribution < 1.29 is 24.2 Å². The van der Waals surface area contributed by atoms with Crippen molar-refractivity contribution in [1.29, 1.82) is 0 Å². The lowest BCUT2D eigenvalue weighted by Crippen LogP contribution is -2.35. The van der Waals surface area contributed by atoms with E-state index < -0.39 is 23.7 Å². The van der Waals surface area contributed by atoms with Crippen LogP contribution in [0.5, 0.6) is 0 Å². The lowest BCUT2D eigenvalue weighted by atomic mass is 9.95. The molecule has 1 aliphatic heterocycles. The zero-order valence-corrected chi connectivity index (χ0v) is 18.2. The number of nitrogens with zero attached hydrogens (tertiary/aromatic N) is 3. The maximum absolute atomic E-state index is 13.0. The average molecular weight is 426 g/mol. The number of methoxy groups -OCH3 is 1. The second-order valence-corrected chi connectivity index (χ2v) is 7.70. The van der Waals surface area contributed by atoms with Crippen LogP contribution in [0.1, 0.15) is 38.9 Å². The van der Waals surface area contributed by atoms with Gasteiger partial charge in [-0.25, -0.2) is 4.79 Å². The molecule has 0 saturated carbocycles. The van der Waals surface area contributed by atoms with Gasteiger partial charge in [-0.2, -0.15) is 0 Å². The second-order valence-electron chi connectivity index (χ2n) is 7.70. The summed E-state index contributed by atoms with van der Waals surface area (Å²) in [5.74, 6) is -2.38. The predicted octanol–water partition coefficient (Wildman–Crippen LogP) is 1.80. The zero-order chi connectivity index (χ0) is 22.9. The Bertz CT molecular complexity index is 1060. The summed E-state index contributed by atoms with van der Waals surface area (Å²) in [6, 6.07) is 2.68. The fourth-order valence-corrected chi connectivity index (χ4v) is 3.85. The zero-order valence-electron chi connectivity index (χ0n) is 18.2. The molecule has 1 amide bonds. The van der Waals surface area contributed by atoms with E-state index in [0.29, 0.717) is 35.5 Å². The van der Waals surface area contributed by atoms with Gasteiger partial charge < -0.3 is 24.6 Å². The van der Waals surface area contributed by atoms with Gasteiger partial charge in [-0.1, -0.05) is 6.07 Å². The van der Waals surface area contributed by atoms with Gasteiger partial charge in [0.2, 0.25) is 0 Å². The molecule has 0 aliphatic carbocycles. The Morgan fingerprint density at radius 1 is 1.32 bits per heavy atom. The highest BCUT2D eigenvalue weighted by molar-refractivity contribution is 6.46. The van der Waals surface area contributed by atoms with Crippen molar-refractivity contribution in [3.63, 3.8) is 0 Å². The van der Waals surface area contributed by atoms with Gasteiger partial charge >= 0.3 is 5.97 Å². The number of pyridine rings is 1. The summed E-state index contributed by atoms with van der Waals surface area (Å²) in [6.45, 7) is 4.16. The molecule has 1 atom stereocenters. The number of amides is 1. The van der Waals surface area contributed by atoms with Crippen LogP contribution in [-0.2, 0) is 14.3 Å². The first-order valence-electron chi connectivity index (χ1n) is 9.79. The summed E-state index contributed by atoms with van der Waals surface area (Å²) in [7, 11) is 5.00. The van der Waals surface area contributed by atoms with Gasteiger partial charge in [0.15, 0.2) is 0 Å². The van der Waals surface area contributed by atoms with E-state index in [1.807, 2.05) is 19.0 Å². The quantitative estimate of drug-likeness (QED) is 0.313. The average Bonchev–Trinajstić information content (AvgIpc) is 3.18. The standard InChI is InChI=1S/C22H26N4O5/c1-12-15(13(2)24-17(12)22(30)31-5)19(27)16-18(14-7-6-8-23-11-14)26(10-9-25(3)4)21(29)20(16)28/h6-8,11,18,24,27H,9-10H2,1-5H3/b19-16+. The fraction of sp³-hybridized carbons (Fsp3) is 0.364. The number of aromatic nitrogens is 2. The molecule has 2 aromatic rings. The van der Waals surface area contributed by atoms with E-state index >= 15 is 0 Å². The van der Waals surface area contributed by atoms with Crippen molar-refractivity contribution in [2.45, 2.75) is 19.9 Å². The molecule has 0 radical (unpaired) electrons. The number of hydrogen-bond donors (Lipinski definition) is 2. The Labute approximate surface area is 180 Å². The highest BCUT2D eigenvalue weighted by Gasteiger charge is 2.46. The number of ether oxygens (including phenoxy) is 1. The number of aliphatic hydroxyl groups is 1. The summed E-state index contributed by atoms with van der Waals surface area (Å²) in [5, 5.41) is 11.2. The summed E-state index contributed by atoms with van der Waals surface area (Å²) in [5.41, 5.74) is 1.99. The van der Waals surface area contributed by atoms with Crippen LogP contribution in [0.25, 0.3) is 5.76 Å². The third kappa shape index (κ3) is 3.96. The van der Waals surface area contributed by atoms with Gasteiger partial charge in [0.1, 0.15) is 11.5 Å². The first-order chi connectivity index (χ1) is 14.7. The van der Waals surface area contributed by atoms with Crippen LogP contribution in [-0.4, -0.2) is 76.8 Å². The number of carbonyl (C=O) groups excluding carboxylic acids is 3. The highest BCUT2D eigenvalue weighted by Crippen LogP contribution is 2.40. The molecule has 3 rings (SSSR count). The number of Topliss-reactive ketones (excluding diaryl/α,β-unsaturated/α-hetero) is 1. The van der Waals surface area contributed by atoms with Crippen molar-refractivity contribution >= 4 is 23.4 Å². The lowest BCUT2D eigenvalue weighted by Gasteiger charge is -2.26. The van der Waals surface area contributed by atoms with E-state index in [1.165, 1.54) is 12.0 Å². The molecular formula is C22H26N4O5. The second kappa shape index (κ2) is 8.73. The number of carbonyl (C=O) groups is 3.